The van der Waals surface area contributed by atoms with Crippen LogP contribution in [-0.4, -0.2) is 41.7 Å². The lowest BCUT2D eigenvalue weighted by molar-refractivity contribution is -0.142. The number of carbonyl (C=O) groups is 1. The zero-order valence-corrected chi connectivity index (χ0v) is 14.9. The molecule has 28 heavy (non-hydrogen) atoms. The van der Waals surface area contributed by atoms with Crippen molar-refractivity contribution in [3.05, 3.63) is 33.8 Å². The number of hydrogen-bond donors (Lipinski definition) is 1. The molecule has 0 atom stereocenters. The summed E-state index contributed by atoms with van der Waals surface area (Å²) in [4.78, 5) is 15.9. The number of halogens is 5. The van der Waals surface area contributed by atoms with Gasteiger partial charge in [-0.05, 0) is 26.1 Å². The van der Waals surface area contributed by atoms with Crippen LogP contribution in [0, 0.1) is 11.3 Å². The van der Waals surface area contributed by atoms with Crippen LogP contribution in [0.2, 0.25) is 0 Å². The largest absolute Gasteiger partial charge is 0.497 e. The minimum absolute atomic E-state index is 0.0299. The standard InChI is InChI=1S/C17H16F5N3O3/c1-25(2)7-9-11(8(6-23)10-4-3-5-28-10)13(15(18)19)24-14(17(20,21)22)12(9)16(26)27/h15H,3-5,7H2,1-2H3,(H,26,27). The van der Waals surface area contributed by atoms with E-state index >= 15 is 0 Å². The summed E-state index contributed by atoms with van der Waals surface area (Å²) in [6.45, 7) is -0.214. The number of nitrogens with zero attached hydrogens (tertiary/aromatic N) is 3. The molecule has 11 heteroatoms. The highest BCUT2D eigenvalue weighted by atomic mass is 19.4. The third-order valence-electron chi connectivity index (χ3n) is 3.96. The number of alkyl halides is 5. The minimum atomic E-state index is -5.28. The Bertz CT molecular complexity index is 849. The first-order valence-electron chi connectivity index (χ1n) is 8.05. The molecule has 0 bridgehead atoms. The molecular formula is C17H16F5N3O3. The Hall–Kier alpha value is -2.74. The lowest BCUT2D eigenvalue weighted by atomic mass is 9.91. The van der Waals surface area contributed by atoms with Crippen LogP contribution in [0.5, 0.6) is 0 Å². The van der Waals surface area contributed by atoms with Gasteiger partial charge in [-0.25, -0.2) is 18.6 Å². The molecule has 6 nitrogen and oxygen atoms in total. The average Bonchev–Trinajstić information content (AvgIpc) is 3.08. The van der Waals surface area contributed by atoms with E-state index in [-0.39, 0.29) is 18.8 Å². The molecule has 0 spiro atoms. The maximum absolute atomic E-state index is 13.7. The monoisotopic (exact) mass is 405 g/mol. The molecule has 2 rings (SSSR count). The summed E-state index contributed by atoms with van der Waals surface area (Å²) in [7, 11) is 2.85. The van der Waals surface area contributed by atoms with Crippen LogP contribution in [0.25, 0.3) is 5.57 Å². The smallest absolute Gasteiger partial charge is 0.434 e. The van der Waals surface area contributed by atoms with Gasteiger partial charge in [0.25, 0.3) is 6.43 Å². The summed E-state index contributed by atoms with van der Waals surface area (Å²) >= 11 is 0. The van der Waals surface area contributed by atoms with Crippen LogP contribution in [-0.2, 0) is 17.5 Å². The molecule has 1 N–H and O–H groups in total. The van der Waals surface area contributed by atoms with E-state index in [1.165, 1.54) is 19.0 Å². The van der Waals surface area contributed by atoms with Gasteiger partial charge in [0.15, 0.2) is 5.69 Å². The summed E-state index contributed by atoms with van der Waals surface area (Å²) in [5, 5.41) is 18.9. The van der Waals surface area contributed by atoms with Crippen LogP contribution >= 0.6 is 0 Å². The molecule has 0 radical (unpaired) electrons. The quantitative estimate of drug-likeness (QED) is 0.592. The number of carboxylic acid groups (broad SMARTS) is 1. The number of aromatic nitrogens is 1. The fourth-order valence-corrected chi connectivity index (χ4v) is 2.96. The van der Waals surface area contributed by atoms with Crippen molar-refractivity contribution in [2.75, 3.05) is 20.7 Å². The summed E-state index contributed by atoms with van der Waals surface area (Å²) in [6.07, 6.45) is -8.03. The van der Waals surface area contributed by atoms with Gasteiger partial charge in [-0.1, -0.05) is 0 Å². The lowest BCUT2D eigenvalue weighted by Crippen LogP contribution is -2.24. The van der Waals surface area contributed by atoms with Crippen molar-refractivity contribution in [1.82, 2.24) is 9.88 Å². The Morgan fingerprint density at radius 3 is 2.39 bits per heavy atom. The first-order valence-corrected chi connectivity index (χ1v) is 8.05. The van der Waals surface area contributed by atoms with E-state index in [2.05, 4.69) is 4.98 Å². The van der Waals surface area contributed by atoms with Gasteiger partial charge < -0.3 is 14.7 Å². The predicted octanol–water partition coefficient (Wildman–Crippen LogP) is 3.84. The predicted molar refractivity (Wildman–Crippen MR) is 86.3 cm³/mol. The molecule has 152 valence electrons. The van der Waals surface area contributed by atoms with Crippen molar-refractivity contribution >= 4 is 11.5 Å². The Balaban J connectivity index is 3.04. The van der Waals surface area contributed by atoms with E-state index in [0.717, 1.165) is 0 Å². The SMILES string of the molecule is CN(C)Cc1c(C(C#N)=C2CCCO2)c(C(F)F)nc(C(F)(F)F)c1C(=O)O. The molecule has 0 saturated carbocycles. The van der Waals surface area contributed by atoms with Gasteiger partial charge in [0, 0.05) is 18.5 Å². The van der Waals surface area contributed by atoms with Crippen LogP contribution < -0.4 is 0 Å². The van der Waals surface area contributed by atoms with Gasteiger partial charge in [-0.3, -0.25) is 0 Å². The number of hydrogen-bond acceptors (Lipinski definition) is 5. The Morgan fingerprint density at radius 2 is 2.00 bits per heavy atom. The number of nitriles is 1. The van der Waals surface area contributed by atoms with E-state index in [0.29, 0.717) is 6.42 Å². The molecule has 1 fully saturated rings. The molecule has 0 amide bonds. The second-order valence-electron chi connectivity index (χ2n) is 6.28. The molecule has 1 aromatic heterocycles. The van der Waals surface area contributed by atoms with E-state index in [4.69, 9.17) is 4.74 Å². The highest BCUT2D eigenvalue weighted by molar-refractivity contribution is 5.94. The Morgan fingerprint density at radius 1 is 1.36 bits per heavy atom. The topological polar surface area (TPSA) is 86.5 Å². The molecule has 0 aromatic carbocycles. The van der Waals surface area contributed by atoms with Crippen molar-refractivity contribution in [3.63, 3.8) is 0 Å². The summed E-state index contributed by atoms with van der Waals surface area (Å²) in [5.41, 5.74) is -6.08. The summed E-state index contributed by atoms with van der Waals surface area (Å²) < 4.78 is 72.8. The Kier molecular flexibility index (Phi) is 6.23. The number of pyridine rings is 1. The summed E-state index contributed by atoms with van der Waals surface area (Å²) in [5.74, 6) is -1.95. The van der Waals surface area contributed by atoms with E-state index in [1.54, 1.807) is 6.07 Å². The third kappa shape index (κ3) is 4.22. The zero-order chi connectivity index (χ0) is 21.2. The van der Waals surface area contributed by atoms with Gasteiger partial charge in [-0.15, -0.1) is 0 Å². The van der Waals surface area contributed by atoms with Crippen molar-refractivity contribution in [2.24, 2.45) is 0 Å². The molecule has 0 unspecified atom stereocenters. The van der Waals surface area contributed by atoms with Gasteiger partial charge in [0.2, 0.25) is 0 Å². The first-order chi connectivity index (χ1) is 13.0. The molecule has 1 aliphatic rings. The van der Waals surface area contributed by atoms with E-state index in [1.807, 2.05) is 0 Å². The minimum Gasteiger partial charge on any atom is -0.497 e. The van der Waals surface area contributed by atoms with Crippen LogP contribution in [0.1, 0.15) is 52.1 Å². The van der Waals surface area contributed by atoms with Crippen LogP contribution in [0.4, 0.5) is 22.0 Å². The number of aromatic carboxylic acids is 1. The zero-order valence-electron chi connectivity index (χ0n) is 14.9. The lowest BCUT2D eigenvalue weighted by Gasteiger charge is -2.22. The van der Waals surface area contributed by atoms with Crippen LogP contribution in [0.15, 0.2) is 5.76 Å². The summed E-state index contributed by atoms with van der Waals surface area (Å²) in [6, 6.07) is 1.68. The van der Waals surface area contributed by atoms with Crippen molar-refractivity contribution in [3.8, 4) is 6.07 Å². The molecule has 1 saturated heterocycles. The molecule has 1 aliphatic heterocycles. The second-order valence-corrected chi connectivity index (χ2v) is 6.28. The average molecular weight is 405 g/mol. The maximum Gasteiger partial charge on any atom is 0.434 e. The van der Waals surface area contributed by atoms with Crippen molar-refractivity contribution in [1.29, 1.82) is 5.26 Å². The molecule has 2 heterocycles. The highest BCUT2D eigenvalue weighted by Crippen LogP contribution is 2.40. The Labute approximate surface area is 156 Å². The molecule has 0 aliphatic carbocycles. The normalized spacial score (nSPS) is 16.3. The highest BCUT2D eigenvalue weighted by Gasteiger charge is 2.42. The van der Waals surface area contributed by atoms with Gasteiger partial charge >= 0.3 is 12.1 Å². The van der Waals surface area contributed by atoms with Gasteiger partial charge in [0.05, 0.1) is 17.7 Å². The van der Waals surface area contributed by atoms with Crippen molar-refractivity contribution < 1.29 is 36.6 Å². The van der Waals surface area contributed by atoms with Gasteiger partial charge in [-0.2, -0.15) is 18.4 Å². The first kappa shape index (κ1) is 21.6. The fourth-order valence-electron chi connectivity index (χ4n) is 2.96. The number of rotatable bonds is 5. The van der Waals surface area contributed by atoms with Crippen molar-refractivity contribution in [2.45, 2.75) is 32.0 Å². The number of ether oxygens (including phenoxy) is 1. The van der Waals surface area contributed by atoms with Gasteiger partial charge in [0.1, 0.15) is 17.5 Å². The molecular weight excluding hydrogens is 389 g/mol. The maximum atomic E-state index is 13.7. The number of allylic oxidation sites excluding steroid dienone is 2. The number of carboxylic acids is 1. The second kappa shape index (κ2) is 8.10. The van der Waals surface area contributed by atoms with E-state index < -0.39 is 58.8 Å². The molecule has 1 aromatic rings. The fraction of sp³-hybridized carbons (Fsp3) is 0.471. The van der Waals surface area contributed by atoms with Crippen LogP contribution in [0.3, 0.4) is 0 Å². The van der Waals surface area contributed by atoms with E-state index in [9.17, 15) is 37.1 Å². The third-order valence-corrected chi connectivity index (χ3v) is 3.96.